The van der Waals surface area contributed by atoms with Crippen molar-refractivity contribution in [3.05, 3.63) is 35.6 Å². The van der Waals surface area contributed by atoms with Crippen LogP contribution in [0.5, 0.6) is 0 Å². The maximum atomic E-state index is 13.2. The Kier molecular flexibility index (Phi) is 6.17. The van der Waals surface area contributed by atoms with Crippen molar-refractivity contribution >= 4 is 5.91 Å². The summed E-state index contributed by atoms with van der Waals surface area (Å²) in [6, 6.07) is 6.55. The number of rotatable bonds is 6. The van der Waals surface area contributed by atoms with E-state index in [1.54, 1.807) is 26.0 Å². The van der Waals surface area contributed by atoms with E-state index in [0.29, 0.717) is 12.3 Å². The first kappa shape index (κ1) is 17.9. The van der Waals surface area contributed by atoms with Crippen LogP contribution >= 0.6 is 0 Å². The van der Waals surface area contributed by atoms with Gasteiger partial charge in [0.25, 0.3) is 0 Å². The molecule has 3 nitrogen and oxygen atoms in total. The molecule has 0 radical (unpaired) electrons. The molecule has 1 saturated carbocycles. The number of halogens is 1. The van der Waals surface area contributed by atoms with Crippen molar-refractivity contribution in [1.29, 1.82) is 0 Å². The van der Waals surface area contributed by atoms with E-state index in [2.05, 4.69) is 5.32 Å². The summed E-state index contributed by atoms with van der Waals surface area (Å²) in [5, 5.41) is 12.6. The van der Waals surface area contributed by atoms with E-state index in [1.807, 2.05) is 0 Å². The lowest BCUT2D eigenvalue weighted by atomic mass is 9.75. The van der Waals surface area contributed by atoms with Gasteiger partial charge >= 0.3 is 0 Å². The summed E-state index contributed by atoms with van der Waals surface area (Å²) < 4.78 is 13.2. The van der Waals surface area contributed by atoms with Gasteiger partial charge in [0.15, 0.2) is 0 Å². The molecule has 0 aromatic heterocycles. The van der Waals surface area contributed by atoms with Crippen molar-refractivity contribution in [2.45, 2.75) is 63.9 Å². The molecule has 1 amide bonds. The van der Waals surface area contributed by atoms with E-state index in [1.165, 1.54) is 31.4 Å². The van der Waals surface area contributed by atoms with Gasteiger partial charge in [-0.05, 0) is 56.2 Å². The van der Waals surface area contributed by atoms with Crippen LogP contribution in [0.25, 0.3) is 0 Å². The normalized spacial score (nSPS) is 17.7. The maximum absolute atomic E-state index is 13.2. The Balaban J connectivity index is 2.06. The minimum atomic E-state index is -0.911. The van der Waals surface area contributed by atoms with E-state index < -0.39 is 5.60 Å². The average molecular weight is 321 g/mol. The molecule has 1 aromatic carbocycles. The van der Waals surface area contributed by atoms with E-state index in [9.17, 15) is 14.3 Å². The van der Waals surface area contributed by atoms with Crippen LogP contribution in [0.3, 0.4) is 0 Å². The van der Waals surface area contributed by atoms with Crippen LogP contribution in [0.4, 0.5) is 4.39 Å². The van der Waals surface area contributed by atoms with Crippen molar-refractivity contribution in [1.82, 2.24) is 5.32 Å². The van der Waals surface area contributed by atoms with Gasteiger partial charge in [0.05, 0.1) is 5.60 Å². The molecule has 23 heavy (non-hydrogen) atoms. The number of amides is 1. The zero-order valence-corrected chi connectivity index (χ0v) is 14.1. The summed E-state index contributed by atoms with van der Waals surface area (Å²) in [7, 11) is 0. The Bertz CT molecular complexity index is 501. The second-order valence-corrected chi connectivity index (χ2v) is 7.35. The quantitative estimate of drug-likeness (QED) is 0.838. The van der Waals surface area contributed by atoms with Gasteiger partial charge in [-0.1, -0.05) is 31.4 Å². The van der Waals surface area contributed by atoms with Crippen LogP contribution in [0, 0.1) is 11.7 Å². The second kappa shape index (κ2) is 7.91. The van der Waals surface area contributed by atoms with Crippen LogP contribution in [0.1, 0.15) is 63.9 Å². The molecule has 1 unspecified atom stereocenters. The highest BCUT2D eigenvalue weighted by Gasteiger charge is 2.27. The summed E-state index contributed by atoms with van der Waals surface area (Å²) >= 11 is 0. The molecule has 4 heteroatoms. The molecule has 0 heterocycles. The van der Waals surface area contributed by atoms with E-state index in [0.717, 1.165) is 18.4 Å². The molecule has 1 aromatic rings. The van der Waals surface area contributed by atoms with Crippen molar-refractivity contribution in [2.24, 2.45) is 5.92 Å². The summed E-state index contributed by atoms with van der Waals surface area (Å²) in [4.78, 5) is 12.3. The van der Waals surface area contributed by atoms with Crippen LogP contribution in [-0.2, 0) is 4.79 Å². The number of aliphatic hydroxyl groups is 1. The summed E-state index contributed by atoms with van der Waals surface area (Å²) in [5.41, 5.74) is 0.128. The van der Waals surface area contributed by atoms with Crippen molar-refractivity contribution in [3.63, 3.8) is 0 Å². The standard InChI is InChI=1S/C19H28FNO2/c1-19(2,23)13-21-18(22)12-17(14-6-4-3-5-7-14)15-8-10-16(20)11-9-15/h8-11,14,17,23H,3-7,12-13H2,1-2H3,(H,21,22). The predicted octanol–water partition coefficient (Wildman–Crippen LogP) is 3.77. The van der Waals surface area contributed by atoms with Crippen LogP contribution in [0.15, 0.2) is 24.3 Å². The first-order valence-electron chi connectivity index (χ1n) is 8.60. The smallest absolute Gasteiger partial charge is 0.220 e. The van der Waals surface area contributed by atoms with Gasteiger partial charge < -0.3 is 10.4 Å². The Hall–Kier alpha value is -1.42. The number of benzene rings is 1. The predicted molar refractivity (Wildman–Crippen MR) is 89.6 cm³/mol. The number of carbonyl (C=O) groups excluding carboxylic acids is 1. The Morgan fingerprint density at radius 3 is 2.43 bits per heavy atom. The zero-order valence-electron chi connectivity index (χ0n) is 14.1. The van der Waals surface area contributed by atoms with E-state index in [-0.39, 0.29) is 24.2 Å². The first-order valence-corrected chi connectivity index (χ1v) is 8.60. The highest BCUT2D eigenvalue weighted by Crippen LogP contribution is 2.38. The fourth-order valence-corrected chi connectivity index (χ4v) is 3.39. The second-order valence-electron chi connectivity index (χ2n) is 7.35. The van der Waals surface area contributed by atoms with Crippen molar-refractivity contribution < 1.29 is 14.3 Å². The average Bonchev–Trinajstić information content (AvgIpc) is 2.52. The molecular formula is C19H28FNO2. The minimum Gasteiger partial charge on any atom is -0.389 e. The Morgan fingerprint density at radius 2 is 1.87 bits per heavy atom. The zero-order chi connectivity index (χ0) is 16.9. The van der Waals surface area contributed by atoms with Gasteiger partial charge in [0, 0.05) is 13.0 Å². The van der Waals surface area contributed by atoms with Gasteiger partial charge in [0.2, 0.25) is 5.91 Å². The SMILES string of the molecule is CC(C)(O)CNC(=O)CC(c1ccc(F)cc1)C1CCCCC1. The van der Waals surface area contributed by atoms with Crippen LogP contribution < -0.4 is 5.32 Å². The molecule has 1 fully saturated rings. The maximum Gasteiger partial charge on any atom is 0.220 e. The number of carbonyl (C=O) groups is 1. The third-order valence-corrected chi connectivity index (χ3v) is 4.64. The molecule has 2 N–H and O–H groups in total. The molecule has 1 atom stereocenters. The monoisotopic (exact) mass is 321 g/mol. The highest BCUT2D eigenvalue weighted by molar-refractivity contribution is 5.77. The van der Waals surface area contributed by atoms with Crippen LogP contribution in [0.2, 0.25) is 0 Å². The highest BCUT2D eigenvalue weighted by atomic mass is 19.1. The van der Waals surface area contributed by atoms with Crippen molar-refractivity contribution in [3.8, 4) is 0 Å². The largest absolute Gasteiger partial charge is 0.389 e. The number of nitrogens with one attached hydrogen (secondary N) is 1. The topological polar surface area (TPSA) is 49.3 Å². The molecule has 0 spiro atoms. The van der Waals surface area contributed by atoms with Crippen LogP contribution in [-0.4, -0.2) is 23.2 Å². The number of hydrogen-bond donors (Lipinski definition) is 2. The molecule has 0 saturated heterocycles. The third-order valence-electron chi connectivity index (χ3n) is 4.64. The summed E-state index contributed by atoms with van der Waals surface area (Å²) in [6.07, 6.45) is 6.31. The lowest BCUT2D eigenvalue weighted by molar-refractivity contribution is -0.122. The minimum absolute atomic E-state index is 0.0491. The molecular weight excluding hydrogens is 293 g/mol. The van der Waals surface area contributed by atoms with Gasteiger partial charge in [-0.2, -0.15) is 0 Å². The lowest BCUT2D eigenvalue weighted by Gasteiger charge is -2.30. The Morgan fingerprint density at radius 1 is 1.26 bits per heavy atom. The lowest BCUT2D eigenvalue weighted by Crippen LogP contribution is -2.39. The van der Waals surface area contributed by atoms with Crippen molar-refractivity contribution in [2.75, 3.05) is 6.54 Å². The molecule has 128 valence electrons. The van der Waals surface area contributed by atoms with Gasteiger partial charge in [-0.15, -0.1) is 0 Å². The van der Waals surface area contributed by atoms with E-state index >= 15 is 0 Å². The third kappa shape index (κ3) is 5.94. The van der Waals surface area contributed by atoms with Gasteiger partial charge in [0.1, 0.15) is 5.82 Å². The summed E-state index contributed by atoms with van der Waals surface area (Å²) in [6.45, 7) is 3.59. The Labute approximate surface area is 138 Å². The molecule has 0 bridgehead atoms. The molecule has 1 aliphatic rings. The first-order chi connectivity index (χ1) is 10.8. The molecule has 1 aliphatic carbocycles. The van der Waals surface area contributed by atoms with Gasteiger partial charge in [-0.25, -0.2) is 4.39 Å². The molecule has 0 aliphatic heterocycles. The molecule has 2 rings (SSSR count). The van der Waals surface area contributed by atoms with E-state index in [4.69, 9.17) is 0 Å². The van der Waals surface area contributed by atoms with Gasteiger partial charge in [-0.3, -0.25) is 4.79 Å². The fraction of sp³-hybridized carbons (Fsp3) is 0.632. The fourth-order valence-electron chi connectivity index (χ4n) is 3.39. The summed E-state index contributed by atoms with van der Waals surface area (Å²) in [5.74, 6) is 0.300. The number of hydrogen-bond acceptors (Lipinski definition) is 2.